The minimum atomic E-state index is -0.275. The Labute approximate surface area is 110 Å². The molecule has 1 aromatic heterocycles. The van der Waals surface area contributed by atoms with Crippen LogP contribution in [0.25, 0.3) is 0 Å². The van der Waals surface area contributed by atoms with Gasteiger partial charge in [0.2, 0.25) is 5.91 Å². The fraction of sp³-hybridized carbons (Fsp3) is 0.0667. The fourth-order valence-electron chi connectivity index (χ4n) is 1.63. The molecule has 1 heterocycles. The molecular formula is C15H12N2O2. The lowest BCUT2D eigenvalue weighted by Gasteiger charge is -2.07. The molecule has 1 aromatic carbocycles. The lowest BCUT2D eigenvalue weighted by molar-refractivity contribution is -0.116. The molecule has 1 amide bonds. The standard InChI is InChI=1S/C15H12N2O2/c1-2-12-6-5-7-13(10-12)16-14(18)11-17-9-4-3-8-15(17)19/h1,3-10H,11H2,(H,16,18). The smallest absolute Gasteiger partial charge is 0.250 e. The molecule has 94 valence electrons. The molecule has 19 heavy (non-hydrogen) atoms. The summed E-state index contributed by atoms with van der Waals surface area (Å²) in [5.41, 5.74) is 1.09. The first-order chi connectivity index (χ1) is 9.19. The van der Waals surface area contributed by atoms with Crippen LogP contribution in [0.4, 0.5) is 5.69 Å². The number of hydrogen-bond acceptors (Lipinski definition) is 2. The van der Waals surface area contributed by atoms with Gasteiger partial charge in [0.05, 0.1) is 0 Å². The second kappa shape index (κ2) is 5.69. The van der Waals surface area contributed by atoms with Gasteiger partial charge in [-0.2, -0.15) is 0 Å². The quantitative estimate of drug-likeness (QED) is 0.841. The molecule has 4 heteroatoms. The first kappa shape index (κ1) is 12.7. The molecule has 4 nitrogen and oxygen atoms in total. The van der Waals surface area contributed by atoms with Gasteiger partial charge in [0.25, 0.3) is 5.56 Å². The number of pyridine rings is 1. The monoisotopic (exact) mass is 252 g/mol. The van der Waals surface area contributed by atoms with Crippen LogP contribution in [0.3, 0.4) is 0 Å². The minimum absolute atomic E-state index is 0.0278. The van der Waals surface area contributed by atoms with E-state index in [1.54, 1.807) is 42.6 Å². The highest BCUT2D eigenvalue weighted by molar-refractivity contribution is 5.90. The summed E-state index contributed by atoms with van der Waals surface area (Å²) in [5, 5.41) is 2.70. The van der Waals surface area contributed by atoms with E-state index in [1.165, 1.54) is 10.6 Å². The number of nitrogens with one attached hydrogen (secondary N) is 1. The third kappa shape index (κ3) is 3.33. The third-order valence-corrected chi connectivity index (χ3v) is 2.53. The van der Waals surface area contributed by atoms with Crippen LogP contribution in [0.5, 0.6) is 0 Å². The van der Waals surface area contributed by atoms with Crippen LogP contribution in [0, 0.1) is 12.3 Å². The number of aromatic nitrogens is 1. The van der Waals surface area contributed by atoms with Gasteiger partial charge in [0.15, 0.2) is 0 Å². The Morgan fingerprint density at radius 3 is 2.84 bits per heavy atom. The molecule has 0 aliphatic rings. The maximum absolute atomic E-state index is 11.8. The number of nitrogens with zero attached hydrogens (tertiary/aromatic N) is 1. The molecule has 0 atom stereocenters. The number of carbonyl (C=O) groups is 1. The van der Waals surface area contributed by atoms with Crippen molar-refractivity contribution in [1.82, 2.24) is 4.57 Å². The number of amides is 1. The summed E-state index contributed by atoms with van der Waals surface area (Å²) in [6.45, 7) is -0.0278. The lowest BCUT2D eigenvalue weighted by Crippen LogP contribution is -2.26. The number of anilines is 1. The van der Waals surface area contributed by atoms with E-state index < -0.39 is 0 Å². The highest BCUT2D eigenvalue weighted by Gasteiger charge is 2.04. The van der Waals surface area contributed by atoms with Crippen molar-refractivity contribution in [2.24, 2.45) is 0 Å². The van der Waals surface area contributed by atoms with Gasteiger partial charge in [-0.3, -0.25) is 9.59 Å². The summed E-state index contributed by atoms with van der Waals surface area (Å²) < 4.78 is 1.33. The Balaban J connectivity index is 2.08. The molecule has 2 aromatic rings. The Morgan fingerprint density at radius 2 is 2.11 bits per heavy atom. The maximum Gasteiger partial charge on any atom is 0.250 e. The predicted octanol–water partition coefficient (Wildman–Crippen LogP) is 1.47. The van der Waals surface area contributed by atoms with E-state index >= 15 is 0 Å². The Hall–Kier alpha value is -2.80. The average Bonchev–Trinajstić information content (AvgIpc) is 2.41. The van der Waals surface area contributed by atoms with Crippen molar-refractivity contribution in [1.29, 1.82) is 0 Å². The van der Waals surface area contributed by atoms with E-state index in [2.05, 4.69) is 11.2 Å². The van der Waals surface area contributed by atoms with Crippen LogP contribution in [0.15, 0.2) is 53.5 Å². The minimum Gasteiger partial charge on any atom is -0.324 e. The van der Waals surface area contributed by atoms with Gasteiger partial charge in [0, 0.05) is 23.5 Å². The molecule has 0 saturated carbocycles. The van der Waals surface area contributed by atoms with Gasteiger partial charge in [-0.05, 0) is 24.3 Å². The van der Waals surface area contributed by atoms with Crippen LogP contribution in [-0.2, 0) is 11.3 Å². The molecule has 0 spiro atoms. The summed E-state index contributed by atoms with van der Waals surface area (Å²) in [7, 11) is 0. The molecular weight excluding hydrogens is 240 g/mol. The molecule has 0 fully saturated rings. The highest BCUT2D eigenvalue weighted by Crippen LogP contribution is 2.09. The van der Waals surface area contributed by atoms with Crippen LogP contribution in [0.1, 0.15) is 5.56 Å². The van der Waals surface area contributed by atoms with E-state index in [9.17, 15) is 9.59 Å². The molecule has 0 aliphatic heterocycles. The van der Waals surface area contributed by atoms with Crippen LogP contribution in [-0.4, -0.2) is 10.5 Å². The van der Waals surface area contributed by atoms with Crippen molar-refractivity contribution in [2.75, 3.05) is 5.32 Å². The van der Waals surface area contributed by atoms with Crippen molar-refractivity contribution < 1.29 is 4.79 Å². The van der Waals surface area contributed by atoms with Crippen molar-refractivity contribution in [3.63, 3.8) is 0 Å². The first-order valence-electron chi connectivity index (χ1n) is 5.71. The van der Waals surface area contributed by atoms with Crippen molar-refractivity contribution in [3.8, 4) is 12.3 Å². The van der Waals surface area contributed by atoms with Gasteiger partial charge in [0.1, 0.15) is 6.54 Å². The molecule has 0 radical (unpaired) electrons. The summed E-state index contributed by atoms with van der Waals surface area (Å²) in [4.78, 5) is 23.3. The zero-order valence-corrected chi connectivity index (χ0v) is 10.2. The zero-order chi connectivity index (χ0) is 13.7. The number of terminal acetylenes is 1. The number of benzene rings is 1. The summed E-state index contributed by atoms with van der Waals surface area (Å²) in [6.07, 6.45) is 6.85. The van der Waals surface area contributed by atoms with Crippen molar-refractivity contribution in [3.05, 3.63) is 64.6 Å². The van der Waals surface area contributed by atoms with Gasteiger partial charge < -0.3 is 9.88 Å². The summed E-state index contributed by atoms with van der Waals surface area (Å²) in [6, 6.07) is 11.7. The second-order valence-corrected chi connectivity index (χ2v) is 3.94. The fourth-order valence-corrected chi connectivity index (χ4v) is 1.63. The van der Waals surface area contributed by atoms with Crippen molar-refractivity contribution in [2.45, 2.75) is 6.54 Å². The van der Waals surface area contributed by atoms with Crippen LogP contribution in [0.2, 0.25) is 0 Å². The topological polar surface area (TPSA) is 51.1 Å². The largest absolute Gasteiger partial charge is 0.324 e. The Bertz CT molecular complexity index is 696. The maximum atomic E-state index is 11.8. The number of carbonyl (C=O) groups excluding carboxylic acids is 1. The van der Waals surface area contributed by atoms with E-state index in [-0.39, 0.29) is 18.0 Å². The molecule has 0 unspecified atom stereocenters. The first-order valence-corrected chi connectivity index (χ1v) is 5.71. The second-order valence-electron chi connectivity index (χ2n) is 3.94. The van der Waals surface area contributed by atoms with Gasteiger partial charge >= 0.3 is 0 Å². The summed E-state index contributed by atoms with van der Waals surface area (Å²) in [5.74, 6) is 2.22. The molecule has 0 aliphatic carbocycles. The Kier molecular flexibility index (Phi) is 3.79. The molecule has 1 N–H and O–H groups in total. The lowest BCUT2D eigenvalue weighted by atomic mass is 10.2. The van der Waals surface area contributed by atoms with Crippen LogP contribution < -0.4 is 10.9 Å². The van der Waals surface area contributed by atoms with Crippen molar-refractivity contribution >= 4 is 11.6 Å². The van der Waals surface area contributed by atoms with E-state index in [0.717, 1.165) is 0 Å². The van der Waals surface area contributed by atoms with Crippen LogP contribution >= 0.6 is 0 Å². The van der Waals surface area contributed by atoms with E-state index in [4.69, 9.17) is 6.42 Å². The average molecular weight is 252 g/mol. The van der Waals surface area contributed by atoms with Gasteiger partial charge in [-0.25, -0.2) is 0 Å². The number of rotatable bonds is 3. The van der Waals surface area contributed by atoms with Gasteiger partial charge in [-0.15, -0.1) is 6.42 Å². The van der Waals surface area contributed by atoms with Gasteiger partial charge in [-0.1, -0.05) is 18.1 Å². The SMILES string of the molecule is C#Cc1cccc(NC(=O)Cn2ccccc2=O)c1. The third-order valence-electron chi connectivity index (χ3n) is 2.53. The summed E-state index contributed by atoms with van der Waals surface area (Å²) >= 11 is 0. The predicted molar refractivity (Wildman–Crippen MR) is 73.7 cm³/mol. The normalized spacial score (nSPS) is 9.63. The molecule has 0 bridgehead atoms. The molecule has 0 saturated heterocycles. The molecule has 2 rings (SSSR count). The zero-order valence-electron chi connectivity index (χ0n) is 10.2. The highest BCUT2D eigenvalue weighted by atomic mass is 16.2. The Morgan fingerprint density at radius 1 is 1.26 bits per heavy atom. The van der Waals surface area contributed by atoms with E-state index in [0.29, 0.717) is 11.3 Å². The number of hydrogen-bond donors (Lipinski definition) is 1. The van der Waals surface area contributed by atoms with E-state index in [1.807, 2.05) is 0 Å².